The molecule has 0 amide bonds. The second-order valence-corrected chi connectivity index (χ2v) is 2.87. The van der Waals surface area contributed by atoms with Gasteiger partial charge in [0.15, 0.2) is 6.29 Å². The van der Waals surface area contributed by atoms with Crippen molar-refractivity contribution in [2.75, 3.05) is 0 Å². The Morgan fingerprint density at radius 1 is 1.55 bits per heavy atom. The molecule has 1 atom stereocenters. The Hall–Kier alpha value is -0.860. The topological polar surface area (TPSA) is 29.5 Å². The van der Waals surface area contributed by atoms with Crippen molar-refractivity contribution in [2.45, 2.75) is 19.8 Å². The molecule has 1 heterocycles. The van der Waals surface area contributed by atoms with Crippen molar-refractivity contribution in [2.24, 2.45) is 0 Å². The first-order valence-corrected chi connectivity index (χ1v) is 3.66. The van der Waals surface area contributed by atoms with Gasteiger partial charge < -0.3 is 9.84 Å². The van der Waals surface area contributed by atoms with E-state index in [1.54, 1.807) is 0 Å². The van der Waals surface area contributed by atoms with Crippen LogP contribution in [0.2, 0.25) is 0 Å². The summed E-state index contributed by atoms with van der Waals surface area (Å²) in [6.07, 6.45) is -0.704. The molecule has 0 saturated carbocycles. The van der Waals surface area contributed by atoms with Gasteiger partial charge in [0.1, 0.15) is 0 Å². The van der Waals surface area contributed by atoms with Crippen molar-refractivity contribution in [3.05, 3.63) is 34.9 Å². The molecule has 1 N–H and O–H groups in total. The monoisotopic (exact) mass is 150 g/mol. The van der Waals surface area contributed by atoms with E-state index in [0.29, 0.717) is 6.61 Å². The van der Waals surface area contributed by atoms with Gasteiger partial charge in [0.05, 0.1) is 6.61 Å². The molecule has 1 aromatic carbocycles. The summed E-state index contributed by atoms with van der Waals surface area (Å²) < 4.78 is 5.03. The van der Waals surface area contributed by atoms with Crippen LogP contribution in [0.1, 0.15) is 23.0 Å². The van der Waals surface area contributed by atoms with Gasteiger partial charge in [-0.25, -0.2) is 0 Å². The SMILES string of the molecule is Cc1ccc2c(c1)C(O)OC2. The lowest BCUT2D eigenvalue weighted by atomic mass is 10.1. The third-order valence-electron chi connectivity index (χ3n) is 1.96. The molecular formula is C9H10O2. The molecule has 2 heteroatoms. The van der Waals surface area contributed by atoms with Crippen LogP contribution in [0.15, 0.2) is 18.2 Å². The van der Waals surface area contributed by atoms with Crippen molar-refractivity contribution in [3.8, 4) is 0 Å². The van der Waals surface area contributed by atoms with E-state index < -0.39 is 6.29 Å². The van der Waals surface area contributed by atoms with E-state index >= 15 is 0 Å². The number of aryl methyl sites for hydroxylation is 1. The molecule has 0 radical (unpaired) electrons. The number of fused-ring (bicyclic) bond motifs is 1. The molecule has 2 nitrogen and oxygen atoms in total. The van der Waals surface area contributed by atoms with Crippen LogP contribution < -0.4 is 0 Å². The minimum absolute atomic E-state index is 0.538. The predicted octanol–water partition coefficient (Wildman–Crippen LogP) is 1.52. The molecule has 0 aliphatic carbocycles. The highest BCUT2D eigenvalue weighted by atomic mass is 16.6. The molecular weight excluding hydrogens is 140 g/mol. The average Bonchev–Trinajstić information content (AvgIpc) is 2.33. The Labute approximate surface area is 65.4 Å². The highest BCUT2D eigenvalue weighted by molar-refractivity contribution is 5.33. The van der Waals surface area contributed by atoms with Crippen LogP contribution in [0.3, 0.4) is 0 Å². The quantitative estimate of drug-likeness (QED) is 0.607. The Kier molecular flexibility index (Phi) is 1.44. The van der Waals surface area contributed by atoms with E-state index in [4.69, 9.17) is 4.74 Å². The van der Waals surface area contributed by atoms with Crippen molar-refractivity contribution in [1.29, 1.82) is 0 Å². The van der Waals surface area contributed by atoms with Gasteiger partial charge in [0.2, 0.25) is 0 Å². The molecule has 11 heavy (non-hydrogen) atoms. The molecule has 1 aliphatic rings. The highest BCUT2D eigenvalue weighted by Gasteiger charge is 2.19. The Morgan fingerprint density at radius 3 is 3.18 bits per heavy atom. The lowest BCUT2D eigenvalue weighted by molar-refractivity contribution is -0.0918. The van der Waals surface area contributed by atoms with Gasteiger partial charge in [0, 0.05) is 5.56 Å². The lowest BCUT2D eigenvalue weighted by Crippen LogP contribution is -1.92. The summed E-state index contributed by atoms with van der Waals surface area (Å²) in [5.41, 5.74) is 3.18. The minimum Gasteiger partial charge on any atom is -0.364 e. The first kappa shape index (κ1) is 6.83. The second kappa shape index (κ2) is 2.32. The predicted molar refractivity (Wildman–Crippen MR) is 40.9 cm³/mol. The maximum atomic E-state index is 9.28. The van der Waals surface area contributed by atoms with E-state index in [1.165, 1.54) is 0 Å². The van der Waals surface area contributed by atoms with Crippen molar-refractivity contribution >= 4 is 0 Å². The molecule has 1 aliphatic heterocycles. The number of rotatable bonds is 0. The van der Waals surface area contributed by atoms with E-state index in [1.807, 2.05) is 25.1 Å². The largest absolute Gasteiger partial charge is 0.364 e. The molecule has 58 valence electrons. The van der Waals surface area contributed by atoms with E-state index in [9.17, 15) is 5.11 Å². The van der Waals surface area contributed by atoms with Gasteiger partial charge in [-0.05, 0) is 12.5 Å². The fraction of sp³-hybridized carbons (Fsp3) is 0.333. The molecule has 0 bridgehead atoms. The van der Waals surface area contributed by atoms with E-state index in [2.05, 4.69) is 0 Å². The molecule has 0 saturated heterocycles. The van der Waals surface area contributed by atoms with Crippen molar-refractivity contribution < 1.29 is 9.84 Å². The van der Waals surface area contributed by atoms with Crippen LogP contribution in [0, 0.1) is 6.92 Å². The average molecular weight is 150 g/mol. The number of aliphatic hydroxyl groups excluding tert-OH is 1. The molecule has 1 aromatic rings. The molecule has 0 fully saturated rings. The van der Waals surface area contributed by atoms with Gasteiger partial charge in [-0.1, -0.05) is 23.8 Å². The fourth-order valence-corrected chi connectivity index (χ4v) is 1.33. The van der Waals surface area contributed by atoms with E-state index in [0.717, 1.165) is 16.7 Å². The summed E-state index contributed by atoms with van der Waals surface area (Å²) in [5, 5.41) is 9.28. The van der Waals surface area contributed by atoms with Gasteiger partial charge >= 0.3 is 0 Å². The van der Waals surface area contributed by atoms with Crippen LogP contribution in [0.25, 0.3) is 0 Å². The van der Waals surface area contributed by atoms with Crippen LogP contribution in [-0.4, -0.2) is 5.11 Å². The van der Waals surface area contributed by atoms with Gasteiger partial charge in [-0.15, -0.1) is 0 Å². The standard InChI is InChI=1S/C9H10O2/c1-6-2-3-7-5-11-9(10)8(7)4-6/h2-4,9-10H,5H2,1H3. The van der Waals surface area contributed by atoms with Crippen LogP contribution in [0.4, 0.5) is 0 Å². The molecule has 0 aromatic heterocycles. The molecule has 1 unspecified atom stereocenters. The fourth-order valence-electron chi connectivity index (χ4n) is 1.33. The Bertz CT molecular complexity index is 281. The van der Waals surface area contributed by atoms with Crippen LogP contribution in [-0.2, 0) is 11.3 Å². The van der Waals surface area contributed by atoms with Crippen LogP contribution in [0.5, 0.6) is 0 Å². The smallest absolute Gasteiger partial charge is 0.181 e. The second-order valence-electron chi connectivity index (χ2n) is 2.87. The summed E-state index contributed by atoms with van der Waals surface area (Å²) in [6.45, 7) is 2.54. The normalized spacial score (nSPS) is 21.8. The number of hydrogen-bond donors (Lipinski definition) is 1. The number of aliphatic hydroxyl groups is 1. The van der Waals surface area contributed by atoms with Crippen molar-refractivity contribution in [1.82, 2.24) is 0 Å². The van der Waals surface area contributed by atoms with Gasteiger partial charge in [-0.3, -0.25) is 0 Å². The Morgan fingerprint density at radius 2 is 2.36 bits per heavy atom. The summed E-state index contributed by atoms with van der Waals surface area (Å²) in [6, 6.07) is 5.99. The van der Waals surface area contributed by atoms with E-state index in [-0.39, 0.29) is 0 Å². The van der Waals surface area contributed by atoms with Crippen LogP contribution >= 0.6 is 0 Å². The molecule has 2 rings (SSSR count). The third kappa shape index (κ3) is 1.04. The highest BCUT2D eigenvalue weighted by Crippen LogP contribution is 2.28. The number of benzene rings is 1. The summed E-state index contributed by atoms with van der Waals surface area (Å²) in [5.74, 6) is 0. The Balaban J connectivity index is 2.52. The zero-order valence-electron chi connectivity index (χ0n) is 6.37. The minimum atomic E-state index is -0.704. The lowest BCUT2D eigenvalue weighted by Gasteiger charge is -2.02. The zero-order chi connectivity index (χ0) is 7.84. The summed E-state index contributed by atoms with van der Waals surface area (Å²) in [4.78, 5) is 0. The third-order valence-corrected chi connectivity index (χ3v) is 1.96. The summed E-state index contributed by atoms with van der Waals surface area (Å²) >= 11 is 0. The van der Waals surface area contributed by atoms with Crippen molar-refractivity contribution in [3.63, 3.8) is 0 Å². The first-order chi connectivity index (χ1) is 5.27. The maximum Gasteiger partial charge on any atom is 0.181 e. The molecule has 0 spiro atoms. The summed E-state index contributed by atoms with van der Waals surface area (Å²) in [7, 11) is 0. The zero-order valence-corrected chi connectivity index (χ0v) is 6.37. The number of ether oxygens (including phenoxy) is 1. The number of hydrogen-bond acceptors (Lipinski definition) is 2. The van der Waals surface area contributed by atoms with Gasteiger partial charge in [0.25, 0.3) is 0 Å². The first-order valence-electron chi connectivity index (χ1n) is 3.66. The van der Waals surface area contributed by atoms with Gasteiger partial charge in [-0.2, -0.15) is 0 Å². The maximum absolute atomic E-state index is 9.28.